The number of piperidine rings is 1. The smallest absolute Gasteiger partial charge is 0.310 e. The molecule has 2 aliphatic rings. The predicted octanol–water partition coefficient (Wildman–Crippen LogP) is -0.471. The van der Waals surface area contributed by atoms with Gasteiger partial charge in [0.05, 0.1) is 11.8 Å². The van der Waals surface area contributed by atoms with Crippen LogP contribution >= 0.6 is 0 Å². The van der Waals surface area contributed by atoms with Crippen molar-refractivity contribution in [1.29, 1.82) is 0 Å². The lowest BCUT2D eigenvalue weighted by atomic mass is 9.93. The normalized spacial score (nSPS) is 27.2. The summed E-state index contributed by atoms with van der Waals surface area (Å²) in [6.07, 6.45) is 1.96. The van der Waals surface area contributed by atoms with Crippen molar-refractivity contribution in [3.63, 3.8) is 0 Å². The fourth-order valence-corrected chi connectivity index (χ4v) is 2.14. The third-order valence-corrected chi connectivity index (χ3v) is 3.19. The molecule has 2 heterocycles. The molecule has 1 atom stereocenters. The Morgan fingerprint density at radius 3 is 2.53 bits per heavy atom. The van der Waals surface area contributed by atoms with Crippen LogP contribution in [0.3, 0.4) is 0 Å². The summed E-state index contributed by atoms with van der Waals surface area (Å²) in [5, 5.41) is 11.9. The van der Waals surface area contributed by atoms with Crippen LogP contribution in [-0.4, -0.2) is 48.1 Å². The summed E-state index contributed by atoms with van der Waals surface area (Å²) in [6.45, 7) is 2.52. The molecule has 0 saturated carbocycles. The molecule has 0 aromatic heterocycles. The first-order valence-corrected chi connectivity index (χ1v) is 5.41. The largest absolute Gasteiger partial charge is 0.481 e. The predicted molar refractivity (Wildman–Crippen MR) is 53.3 cm³/mol. The molecule has 2 aliphatic heterocycles. The average molecular weight is 212 g/mol. The van der Waals surface area contributed by atoms with E-state index in [0.717, 1.165) is 25.9 Å². The molecule has 2 saturated heterocycles. The summed E-state index contributed by atoms with van der Waals surface area (Å²) in [4.78, 5) is 24.1. The molecule has 0 radical (unpaired) electrons. The molecule has 15 heavy (non-hydrogen) atoms. The SMILES string of the molecule is O=C(O)C1CN(C(=O)[C@@H]2CCCNC2)C1. The van der Waals surface area contributed by atoms with Gasteiger partial charge < -0.3 is 15.3 Å². The number of hydrogen-bond acceptors (Lipinski definition) is 3. The van der Waals surface area contributed by atoms with Gasteiger partial charge >= 0.3 is 5.97 Å². The molecule has 5 heteroatoms. The van der Waals surface area contributed by atoms with Crippen LogP contribution in [0.4, 0.5) is 0 Å². The van der Waals surface area contributed by atoms with Gasteiger partial charge in [-0.1, -0.05) is 0 Å². The summed E-state index contributed by atoms with van der Waals surface area (Å²) in [6, 6.07) is 0. The van der Waals surface area contributed by atoms with Gasteiger partial charge in [-0.15, -0.1) is 0 Å². The number of hydrogen-bond donors (Lipinski definition) is 2. The second-order valence-corrected chi connectivity index (χ2v) is 4.32. The number of carboxylic acid groups (broad SMARTS) is 1. The van der Waals surface area contributed by atoms with Gasteiger partial charge in [-0.25, -0.2) is 0 Å². The first-order valence-electron chi connectivity index (χ1n) is 5.41. The van der Waals surface area contributed by atoms with Crippen molar-refractivity contribution in [2.45, 2.75) is 12.8 Å². The number of nitrogens with zero attached hydrogens (tertiary/aromatic N) is 1. The van der Waals surface area contributed by atoms with Crippen molar-refractivity contribution in [3.05, 3.63) is 0 Å². The number of carboxylic acids is 1. The zero-order chi connectivity index (χ0) is 10.8. The van der Waals surface area contributed by atoms with E-state index in [2.05, 4.69) is 5.32 Å². The van der Waals surface area contributed by atoms with Gasteiger partial charge in [-0.2, -0.15) is 0 Å². The van der Waals surface area contributed by atoms with Crippen LogP contribution in [0.25, 0.3) is 0 Å². The van der Waals surface area contributed by atoms with Gasteiger partial charge in [0.15, 0.2) is 0 Å². The average Bonchev–Trinajstić information content (AvgIpc) is 2.16. The van der Waals surface area contributed by atoms with Crippen LogP contribution in [0.15, 0.2) is 0 Å². The molecular formula is C10H16N2O3. The van der Waals surface area contributed by atoms with Crippen LogP contribution in [0, 0.1) is 11.8 Å². The van der Waals surface area contributed by atoms with Crippen molar-refractivity contribution >= 4 is 11.9 Å². The Morgan fingerprint density at radius 1 is 1.27 bits per heavy atom. The van der Waals surface area contributed by atoms with Crippen molar-refractivity contribution in [1.82, 2.24) is 10.2 Å². The first-order chi connectivity index (χ1) is 7.18. The molecule has 2 rings (SSSR count). The fraction of sp³-hybridized carbons (Fsp3) is 0.800. The van der Waals surface area contributed by atoms with Crippen molar-refractivity contribution < 1.29 is 14.7 Å². The van der Waals surface area contributed by atoms with E-state index in [1.54, 1.807) is 4.90 Å². The third-order valence-electron chi connectivity index (χ3n) is 3.19. The molecule has 2 fully saturated rings. The van der Waals surface area contributed by atoms with Gasteiger partial charge in [0.25, 0.3) is 0 Å². The molecule has 0 bridgehead atoms. The van der Waals surface area contributed by atoms with E-state index in [1.807, 2.05) is 0 Å². The lowest BCUT2D eigenvalue weighted by Gasteiger charge is -2.39. The quantitative estimate of drug-likeness (QED) is 0.649. The Hall–Kier alpha value is -1.10. The van der Waals surface area contributed by atoms with Crippen LogP contribution in [0.5, 0.6) is 0 Å². The topological polar surface area (TPSA) is 69.6 Å². The number of nitrogens with one attached hydrogen (secondary N) is 1. The van der Waals surface area contributed by atoms with E-state index in [-0.39, 0.29) is 17.7 Å². The zero-order valence-electron chi connectivity index (χ0n) is 8.61. The lowest BCUT2D eigenvalue weighted by molar-refractivity contribution is -0.154. The molecule has 0 aliphatic carbocycles. The molecule has 2 N–H and O–H groups in total. The third kappa shape index (κ3) is 2.12. The number of likely N-dealkylation sites (tertiary alicyclic amines) is 1. The van der Waals surface area contributed by atoms with Gasteiger partial charge in [0, 0.05) is 19.6 Å². The summed E-state index contributed by atoms with van der Waals surface area (Å²) >= 11 is 0. The highest BCUT2D eigenvalue weighted by Crippen LogP contribution is 2.21. The number of amides is 1. The Bertz CT molecular complexity index is 268. The number of carbonyl (C=O) groups is 2. The highest BCUT2D eigenvalue weighted by atomic mass is 16.4. The number of rotatable bonds is 2. The molecular weight excluding hydrogens is 196 g/mol. The molecule has 84 valence electrons. The van der Waals surface area contributed by atoms with Crippen LogP contribution in [0.1, 0.15) is 12.8 Å². The van der Waals surface area contributed by atoms with E-state index >= 15 is 0 Å². The summed E-state index contributed by atoms with van der Waals surface area (Å²) in [5.74, 6) is -0.945. The second kappa shape index (κ2) is 4.18. The molecule has 0 spiro atoms. The van der Waals surface area contributed by atoms with E-state index in [1.165, 1.54) is 0 Å². The molecule has 0 unspecified atom stereocenters. The maximum Gasteiger partial charge on any atom is 0.310 e. The van der Waals surface area contributed by atoms with Gasteiger partial charge in [-0.3, -0.25) is 9.59 Å². The minimum absolute atomic E-state index is 0.0634. The maximum absolute atomic E-state index is 11.8. The van der Waals surface area contributed by atoms with Crippen molar-refractivity contribution in [3.8, 4) is 0 Å². The van der Waals surface area contributed by atoms with Gasteiger partial charge in [0.2, 0.25) is 5.91 Å². The van der Waals surface area contributed by atoms with E-state index in [9.17, 15) is 9.59 Å². The van der Waals surface area contributed by atoms with Crippen molar-refractivity contribution in [2.75, 3.05) is 26.2 Å². The second-order valence-electron chi connectivity index (χ2n) is 4.32. The Balaban J connectivity index is 1.80. The molecule has 5 nitrogen and oxygen atoms in total. The van der Waals surface area contributed by atoms with Gasteiger partial charge in [0.1, 0.15) is 0 Å². The van der Waals surface area contributed by atoms with E-state index in [4.69, 9.17) is 5.11 Å². The number of aliphatic carboxylic acids is 1. The standard InChI is InChI=1S/C10H16N2O3/c13-9(7-2-1-3-11-4-7)12-5-8(6-12)10(14)15/h7-8,11H,1-6H2,(H,14,15)/t7-/m1/s1. The van der Waals surface area contributed by atoms with E-state index < -0.39 is 5.97 Å². The molecule has 0 aromatic carbocycles. The summed E-state index contributed by atoms with van der Waals surface area (Å²) in [7, 11) is 0. The van der Waals surface area contributed by atoms with Gasteiger partial charge in [-0.05, 0) is 19.4 Å². The number of carbonyl (C=O) groups excluding carboxylic acids is 1. The summed E-state index contributed by atoms with van der Waals surface area (Å²) in [5.41, 5.74) is 0. The summed E-state index contributed by atoms with van der Waals surface area (Å²) < 4.78 is 0. The Kier molecular flexibility index (Phi) is 2.90. The zero-order valence-corrected chi connectivity index (χ0v) is 8.61. The van der Waals surface area contributed by atoms with Crippen LogP contribution in [-0.2, 0) is 9.59 Å². The monoisotopic (exact) mass is 212 g/mol. The highest BCUT2D eigenvalue weighted by molar-refractivity contribution is 5.82. The Morgan fingerprint density at radius 2 is 2.00 bits per heavy atom. The molecule has 0 aromatic rings. The highest BCUT2D eigenvalue weighted by Gasteiger charge is 2.38. The Labute approximate surface area is 88.4 Å². The van der Waals surface area contributed by atoms with Crippen LogP contribution < -0.4 is 5.32 Å². The minimum Gasteiger partial charge on any atom is -0.481 e. The van der Waals surface area contributed by atoms with Crippen LogP contribution in [0.2, 0.25) is 0 Å². The van der Waals surface area contributed by atoms with Crippen molar-refractivity contribution in [2.24, 2.45) is 11.8 Å². The fourth-order valence-electron chi connectivity index (χ4n) is 2.14. The van der Waals surface area contributed by atoms with E-state index in [0.29, 0.717) is 13.1 Å². The first kappa shape index (κ1) is 10.4. The lowest BCUT2D eigenvalue weighted by Crippen LogP contribution is -2.56. The molecule has 1 amide bonds. The minimum atomic E-state index is -0.791. The maximum atomic E-state index is 11.8.